The smallest absolute Gasteiger partial charge is 0.289 e. The summed E-state index contributed by atoms with van der Waals surface area (Å²) in [6.45, 7) is 3.54. The van der Waals surface area contributed by atoms with Crippen molar-refractivity contribution in [3.63, 3.8) is 0 Å². The number of furan rings is 1. The summed E-state index contributed by atoms with van der Waals surface area (Å²) in [6.07, 6.45) is 2.00. The lowest BCUT2D eigenvalue weighted by atomic mass is 10.0. The van der Waals surface area contributed by atoms with Crippen molar-refractivity contribution in [2.24, 2.45) is 0 Å². The molecular formula is C16H20N2O2. The van der Waals surface area contributed by atoms with E-state index >= 15 is 0 Å². The van der Waals surface area contributed by atoms with Gasteiger partial charge in [-0.1, -0.05) is 18.2 Å². The molecule has 0 spiro atoms. The summed E-state index contributed by atoms with van der Waals surface area (Å²) in [5, 5.41) is 4.30. The number of carbonyl (C=O) groups is 1. The van der Waals surface area contributed by atoms with E-state index in [0.29, 0.717) is 11.8 Å². The first-order valence-electron chi connectivity index (χ1n) is 7.15. The first-order chi connectivity index (χ1) is 9.70. The van der Waals surface area contributed by atoms with Crippen LogP contribution in [0.15, 0.2) is 28.7 Å². The molecule has 2 aromatic rings. The minimum Gasteiger partial charge on any atom is -0.451 e. The zero-order chi connectivity index (χ0) is 14.1. The molecule has 106 valence electrons. The number of piperidine rings is 1. The van der Waals surface area contributed by atoms with E-state index in [4.69, 9.17) is 4.42 Å². The maximum atomic E-state index is 12.6. The standard InChI is InChI=1S/C16H20N2O2/c1-11-13-5-3-4-6-14(13)20-15(11)16(19)18-9-7-12(17-2)8-10-18/h3-6,12,17H,7-10H2,1-2H3. The highest BCUT2D eigenvalue weighted by Gasteiger charge is 2.26. The van der Waals surface area contributed by atoms with Crippen molar-refractivity contribution in [1.82, 2.24) is 10.2 Å². The van der Waals surface area contributed by atoms with Crippen LogP contribution < -0.4 is 5.32 Å². The van der Waals surface area contributed by atoms with E-state index in [2.05, 4.69) is 5.32 Å². The van der Waals surface area contributed by atoms with Gasteiger partial charge in [0.25, 0.3) is 5.91 Å². The third kappa shape index (κ3) is 2.20. The Bertz CT molecular complexity index is 624. The molecule has 0 aliphatic carbocycles. The molecule has 4 nitrogen and oxygen atoms in total. The fourth-order valence-electron chi connectivity index (χ4n) is 2.89. The van der Waals surface area contributed by atoms with Crippen LogP contribution in [0.2, 0.25) is 0 Å². The van der Waals surface area contributed by atoms with Gasteiger partial charge in [0.2, 0.25) is 0 Å². The molecule has 0 saturated carbocycles. The number of likely N-dealkylation sites (tertiary alicyclic amines) is 1. The third-order valence-electron chi connectivity index (χ3n) is 4.23. The molecule has 3 rings (SSSR count). The topological polar surface area (TPSA) is 45.5 Å². The fraction of sp³-hybridized carbons (Fsp3) is 0.438. The largest absolute Gasteiger partial charge is 0.451 e. The van der Waals surface area contributed by atoms with Crippen molar-refractivity contribution in [2.45, 2.75) is 25.8 Å². The third-order valence-corrected chi connectivity index (χ3v) is 4.23. The van der Waals surface area contributed by atoms with Crippen molar-refractivity contribution in [3.8, 4) is 0 Å². The molecule has 0 radical (unpaired) electrons. The van der Waals surface area contributed by atoms with Gasteiger partial charge in [-0.2, -0.15) is 0 Å². The molecule has 1 aromatic carbocycles. The Kier molecular flexibility index (Phi) is 3.49. The summed E-state index contributed by atoms with van der Waals surface area (Å²) in [7, 11) is 1.98. The summed E-state index contributed by atoms with van der Waals surface area (Å²) in [4.78, 5) is 14.5. The Hall–Kier alpha value is -1.81. The number of para-hydroxylation sites is 1. The Morgan fingerprint density at radius 3 is 2.65 bits per heavy atom. The summed E-state index contributed by atoms with van der Waals surface area (Å²) in [5.41, 5.74) is 1.74. The zero-order valence-electron chi connectivity index (χ0n) is 12.0. The van der Waals surface area contributed by atoms with Gasteiger partial charge in [0, 0.05) is 30.1 Å². The first kappa shape index (κ1) is 13.2. The van der Waals surface area contributed by atoms with Gasteiger partial charge in [-0.05, 0) is 32.9 Å². The molecule has 4 heteroatoms. The first-order valence-corrected chi connectivity index (χ1v) is 7.15. The van der Waals surface area contributed by atoms with E-state index in [1.54, 1.807) is 0 Å². The van der Waals surface area contributed by atoms with Gasteiger partial charge in [-0.15, -0.1) is 0 Å². The highest BCUT2D eigenvalue weighted by molar-refractivity contribution is 5.98. The van der Waals surface area contributed by atoms with Crippen LogP contribution >= 0.6 is 0 Å². The van der Waals surface area contributed by atoms with Gasteiger partial charge in [0.05, 0.1) is 0 Å². The molecular weight excluding hydrogens is 252 g/mol. The van der Waals surface area contributed by atoms with Gasteiger partial charge in [0.15, 0.2) is 5.76 Å². The molecule has 0 bridgehead atoms. The van der Waals surface area contributed by atoms with Gasteiger partial charge in [0.1, 0.15) is 5.58 Å². The minimum absolute atomic E-state index is 0.0215. The quantitative estimate of drug-likeness (QED) is 0.914. The van der Waals surface area contributed by atoms with Gasteiger partial charge in [-0.25, -0.2) is 0 Å². The molecule has 1 aromatic heterocycles. The number of aryl methyl sites for hydroxylation is 1. The van der Waals surface area contributed by atoms with E-state index in [1.807, 2.05) is 43.1 Å². The summed E-state index contributed by atoms with van der Waals surface area (Å²) in [5.74, 6) is 0.516. The van der Waals surface area contributed by atoms with Crippen molar-refractivity contribution < 1.29 is 9.21 Å². The minimum atomic E-state index is 0.0215. The lowest BCUT2D eigenvalue weighted by Crippen LogP contribution is -2.44. The predicted molar refractivity (Wildman–Crippen MR) is 78.9 cm³/mol. The molecule has 1 aliphatic heterocycles. The molecule has 1 amide bonds. The van der Waals surface area contributed by atoms with Crippen LogP contribution in [0, 0.1) is 6.92 Å². The second-order valence-electron chi connectivity index (χ2n) is 5.41. The normalized spacial score (nSPS) is 16.8. The second-order valence-corrected chi connectivity index (χ2v) is 5.41. The Morgan fingerprint density at radius 2 is 2.00 bits per heavy atom. The van der Waals surface area contributed by atoms with Crippen LogP contribution in [-0.2, 0) is 0 Å². The number of carbonyl (C=O) groups excluding carboxylic acids is 1. The molecule has 1 saturated heterocycles. The average molecular weight is 272 g/mol. The number of hydrogen-bond donors (Lipinski definition) is 1. The van der Waals surface area contributed by atoms with Gasteiger partial charge in [-0.3, -0.25) is 4.79 Å². The van der Waals surface area contributed by atoms with E-state index < -0.39 is 0 Å². The number of rotatable bonds is 2. The monoisotopic (exact) mass is 272 g/mol. The lowest BCUT2D eigenvalue weighted by molar-refractivity contribution is 0.0676. The Balaban J connectivity index is 1.84. The number of benzene rings is 1. The highest BCUT2D eigenvalue weighted by atomic mass is 16.3. The lowest BCUT2D eigenvalue weighted by Gasteiger charge is -2.31. The van der Waals surface area contributed by atoms with Crippen LogP contribution in [-0.4, -0.2) is 37.0 Å². The number of nitrogens with zero attached hydrogens (tertiary/aromatic N) is 1. The molecule has 20 heavy (non-hydrogen) atoms. The number of amides is 1. The average Bonchev–Trinajstić information content (AvgIpc) is 2.84. The van der Waals surface area contributed by atoms with Crippen molar-refractivity contribution in [3.05, 3.63) is 35.6 Å². The number of hydrogen-bond acceptors (Lipinski definition) is 3. The van der Waals surface area contributed by atoms with E-state index in [-0.39, 0.29) is 5.91 Å². The predicted octanol–water partition coefficient (Wildman–Crippen LogP) is 2.57. The Morgan fingerprint density at radius 1 is 1.30 bits per heavy atom. The molecule has 0 unspecified atom stereocenters. The Labute approximate surface area is 118 Å². The number of nitrogens with one attached hydrogen (secondary N) is 1. The van der Waals surface area contributed by atoms with Crippen LogP contribution in [0.4, 0.5) is 0 Å². The fourth-order valence-corrected chi connectivity index (χ4v) is 2.89. The maximum absolute atomic E-state index is 12.6. The SMILES string of the molecule is CNC1CCN(C(=O)c2oc3ccccc3c2C)CC1. The van der Waals surface area contributed by atoms with Gasteiger partial charge >= 0.3 is 0 Å². The second kappa shape index (κ2) is 5.29. The maximum Gasteiger partial charge on any atom is 0.289 e. The summed E-state index contributed by atoms with van der Waals surface area (Å²) in [6, 6.07) is 8.33. The zero-order valence-corrected chi connectivity index (χ0v) is 12.0. The van der Waals surface area contributed by atoms with Crippen LogP contribution in [0.25, 0.3) is 11.0 Å². The molecule has 1 fully saturated rings. The van der Waals surface area contributed by atoms with Gasteiger partial charge < -0.3 is 14.6 Å². The molecule has 2 heterocycles. The van der Waals surface area contributed by atoms with E-state index in [9.17, 15) is 4.79 Å². The molecule has 1 aliphatic rings. The van der Waals surface area contributed by atoms with Crippen molar-refractivity contribution in [2.75, 3.05) is 20.1 Å². The van der Waals surface area contributed by atoms with E-state index in [1.165, 1.54) is 0 Å². The molecule has 0 atom stereocenters. The number of fused-ring (bicyclic) bond motifs is 1. The summed E-state index contributed by atoms with van der Waals surface area (Å²) >= 11 is 0. The highest BCUT2D eigenvalue weighted by Crippen LogP contribution is 2.26. The summed E-state index contributed by atoms with van der Waals surface area (Å²) < 4.78 is 5.76. The van der Waals surface area contributed by atoms with Crippen molar-refractivity contribution >= 4 is 16.9 Å². The van der Waals surface area contributed by atoms with Crippen LogP contribution in [0.3, 0.4) is 0 Å². The molecule has 1 N–H and O–H groups in total. The van der Waals surface area contributed by atoms with E-state index in [0.717, 1.165) is 42.5 Å². The van der Waals surface area contributed by atoms with Crippen LogP contribution in [0.1, 0.15) is 29.0 Å². The van der Waals surface area contributed by atoms with Crippen LogP contribution in [0.5, 0.6) is 0 Å². The van der Waals surface area contributed by atoms with Crippen molar-refractivity contribution in [1.29, 1.82) is 0 Å².